The molecular weight excluding hydrogens is 266 g/mol. The van der Waals surface area contributed by atoms with Crippen LogP contribution in [-0.4, -0.2) is 20.9 Å². The zero-order valence-corrected chi connectivity index (χ0v) is 11.5. The zero-order chi connectivity index (χ0) is 14.7. The number of hydrogen-bond acceptors (Lipinski definition) is 4. The Labute approximate surface area is 112 Å². The van der Waals surface area contributed by atoms with Gasteiger partial charge in [-0.2, -0.15) is 5.26 Å². The lowest BCUT2D eigenvalue weighted by Crippen LogP contribution is -2.42. The van der Waals surface area contributed by atoms with Crippen molar-refractivity contribution < 1.29 is 13.2 Å². The van der Waals surface area contributed by atoms with Crippen LogP contribution in [0.5, 0.6) is 0 Å². The second-order valence-corrected chi connectivity index (χ2v) is 6.48. The number of nitrogens with one attached hydrogen (secondary N) is 1. The van der Waals surface area contributed by atoms with Crippen molar-refractivity contribution in [3.63, 3.8) is 0 Å². The molecule has 0 spiro atoms. The summed E-state index contributed by atoms with van der Waals surface area (Å²) in [6.45, 7) is 3.01. The standard InChI is InChI=1S/C12H15N3O3S/c1-12(2,11(14)16)8-15-19(17,18)10-5-3-9(7-13)4-6-10/h3-6,15H,8H2,1-2H3,(H2,14,16). The number of nitrogens with zero attached hydrogens (tertiary/aromatic N) is 1. The van der Waals surface area contributed by atoms with Crippen LogP contribution in [0.4, 0.5) is 0 Å². The Bertz CT molecular complexity index is 613. The first-order valence-electron chi connectivity index (χ1n) is 5.49. The van der Waals surface area contributed by atoms with E-state index in [1.54, 1.807) is 13.8 Å². The molecule has 0 aromatic heterocycles. The largest absolute Gasteiger partial charge is 0.369 e. The maximum Gasteiger partial charge on any atom is 0.240 e. The lowest BCUT2D eigenvalue weighted by atomic mass is 9.93. The predicted octanol–water partition coefficient (Wildman–Crippen LogP) is 0.348. The van der Waals surface area contributed by atoms with Crippen LogP contribution in [0, 0.1) is 16.7 Å². The van der Waals surface area contributed by atoms with Crippen LogP contribution in [-0.2, 0) is 14.8 Å². The molecule has 1 aromatic rings. The van der Waals surface area contributed by atoms with E-state index >= 15 is 0 Å². The van der Waals surface area contributed by atoms with Crippen LogP contribution < -0.4 is 10.5 Å². The number of amides is 1. The highest BCUT2D eigenvalue weighted by Crippen LogP contribution is 2.15. The molecule has 1 aromatic carbocycles. The second-order valence-electron chi connectivity index (χ2n) is 4.71. The van der Waals surface area contributed by atoms with Crippen LogP contribution in [0.25, 0.3) is 0 Å². The Balaban J connectivity index is 2.88. The Kier molecular flexibility index (Phi) is 4.29. The quantitative estimate of drug-likeness (QED) is 0.810. The molecule has 7 heteroatoms. The Morgan fingerprint density at radius 3 is 2.32 bits per heavy atom. The molecular formula is C12H15N3O3S. The smallest absolute Gasteiger partial charge is 0.240 e. The normalized spacial score (nSPS) is 11.8. The number of hydrogen-bond donors (Lipinski definition) is 2. The van der Waals surface area contributed by atoms with Gasteiger partial charge in [0.15, 0.2) is 0 Å². The summed E-state index contributed by atoms with van der Waals surface area (Å²) in [5.74, 6) is -0.588. The van der Waals surface area contributed by atoms with Gasteiger partial charge in [0.2, 0.25) is 15.9 Å². The highest BCUT2D eigenvalue weighted by atomic mass is 32.2. The highest BCUT2D eigenvalue weighted by molar-refractivity contribution is 7.89. The van der Waals surface area contributed by atoms with Crippen molar-refractivity contribution in [2.75, 3.05) is 6.54 Å². The van der Waals surface area contributed by atoms with E-state index in [-0.39, 0.29) is 11.4 Å². The Hall–Kier alpha value is -1.91. The first kappa shape index (κ1) is 15.1. The fourth-order valence-corrected chi connectivity index (χ4v) is 2.37. The van der Waals surface area contributed by atoms with Crippen molar-refractivity contribution in [2.45, 2.75) is 18.7 Å². The average Bonchev–Trinajstić information content (AvgIpc) is 2.36. The maximum atomic E-state index is 12.0. The van der Waals surface area contributed by atoms with Crippen molar-refractivity contribution in [1.29, 1.82) is 5.26 Å². The predicted molar refractivity (Wildman–Crippen MR) is 69.3 cm³/mol. The van der Waals surface area contributed by atoms with Crippen molar-refractivity contribution >= 4 is 15.9 Å². The second kappa shape index (κ2) is 5.38. The van der Waals surface area contributed by atoms with Gasteiger partial charge in [0.25, 0.3) is 0 Å². The third-order valence-corrected chi connectivity index (χ3v) is 4.08. The molecule has 0 aliphatic heterocycles. The molecule has 0 atom stereocenters. The molecule has 0 bridgehead atoms. The summed E-state index contributed by atoms with van der Waals surface area (Å²) in [7, 11) is -3.72. The number of carbonyl (C=O) groups excluding carboxylic acids is 1. The van der Waals surface area contributed by atoms with E-state index in [1.165, 1.54) is 24.3 Å². The van der Waals surface area contributed by atoms with Gasteiger partial charge in [0.05, 0.1) is 21.9 Å². The van der Waals surface area contributed by atoms with E-state index in [1.807, 2.05) is 6.07 Å². The van der Waals surface area contributed by atoms with Crippen LogP contribution in [0.3, 0.4) is 0 Å². The van der Waals surface area contributed by atoms with E-state index in [0.717, 1.165) is 0 Å². The number of primary amides is 1. The van der Waals surface area contributed by atoms with Crippen LogP contribution in [0.2, 0.25) is 0 Å². The number of nitriles is 1. The fraction of sp³-hybridized carbons (Fsp3) is 0.333. The van der Waals surface area contributed by atoms with Crippen molar-refractivity contribution in [3.8, 4) is 6.07 Å². The summed E-state index contributed by atoms with van der Waals surface area (Å²) in [5, 5.41) is 8.64. The minimum Gasteiger partial charge on any atom is -0.369 e. The lowest BCUT2D eigenvalue weighted by Gasteiger charge is -2.20. The molecule has 0 saturated heterocycles. The number of carbonyl (C=O) groups is 1. The van der Waals surface area contributed by atoms with E-state index in [9.17, 15) is 13.2 Å². The van der Waals surface area contributed by atoms with E-state index in [0.29, 0.717) is 5.56 Å². The minimum atomic E-state index is -3.72. The number of benzene rings is 1. The molecule has 3 N–H and O–H groups in total. The molecule has 1 rings (SSSR count). The maximum absolute atomic E-state index is 12.0. The van der Waals surface area contributed by atoms with Gasteiger partial charge in [-0.15, -0.1) is 0 Å². The summed E-state index contributed by atoms with van der Waals surface area (Å²) < 4.78 is 26.2. The summed E-state index contributed by atoms with van der Waals surface area (Å²) >= 11 is 0. The van der Waals surface area contributed by atoms with Gasteiger partial charge in [0.1, 0.15) is 0 Å². The molecule has 1 amide bonds. The summed E-state index contributed by atoms with van der Waals surface area (Å²) in [6, 6.07) is 7.38. The topological polar surface area (TPSA) is 113 Å². The van der Waals surface area contributed by atoms with E-state index in [4.69, 9.17) is 11.0 Å². The van der Waals surface area contributed by atoms with Crippen LogP contribution in [0.1, 0.15) is 19.4 Å². The van der Waals surface area contributed by atoms with E-state index in [2.05, 4.69) is 4.72 Å². The van der Waals surface area contributed by atoms with Crippen LogP contribution in [0.15, 0.2) is 29.2 Å². The van der Waals surface area contributed by atoms with Gasteiger partial charge in [-0.05, 0) is 38.1 Å². The fourth-order valence-electron chi connectivity index (χ4n) is 1.15. The summed E-state index contributed by atoms with van der Waals surface area (Å²) in [6.07, 6.45) is 0. The van der Waals surface area contributed by atoms with Gasteiger partial charge in [-0.25, -0.2) is 13.1 Å². The van der Waals surface area contributed by atoms with Gasteiger partial charge < -0.3 is 5.73 Å². The molecule has 0 aliphatic carbocycles. The van der Waals surface area contributed by atoms with Gasteiger partial charge in [-0.1, -0.05) is 0 Å². The molecule has 0 fully saturated rings. The molecule has 0 radical (unpaired) electrons. The molecule has 0 heterocycles. The van der Waals surface area contributed by atoms with E-state index < -0.39 is 21.3 Å². The third kappa shape index (κ3) is 3.77. The molecule has 6 nitrogen and oxygen atoms in total. The Morgan fingerprint density at radius 1 is 1.37 bits per heavy atom. The monoisotopic (exact) mass is 281 g/mol. The minimum absolute atomic E-state index is 0.0340. The SMILES string of the molecule is CC(C)(CNS(=O)(=O)c1ccc(C#N)cc1)C(N)=O. The molecule has 0 aliphatic rings. The first-order valence-corrected chi connectivity index (χ1v) is 6.97. The molecule has 102 valence electrons. The van der Waals surface area contributed by atoms with Gasteiger partial charge >= 0.3 is 0 Å². The summed E-state index contributed by atoms with van der Waals surface area (Å²) in [5.41, 5.74) is 4.57. The average molecular weight is 281 g/mol. The molecule has 19 heavy (non-hydrogen) atoms. The van der Waals surface area contributed by atoms with Crippen molar-refractivity contribution in [2.24, 2.45) is 11.1 Å². The Morgan fingerprint density at radius 2 is 1.89 bits per heavy atom. The third-order valence-electron chi connectivity index (χ3n) is 2.66. The molecule has 0 unspecified atom stereocenters. The zero-order valence-electron chi connectivity index (χ0n) is 10.7. The van der Waals surface area contributed by atoms with Crippen molar-refractivity contribution in [3.05, 3.63) is 29.8 Å². The first-order chi connectivity index (χ1) is 8.69. The van der Waals surface area contributed by atoms with Crippen LogP contribution >= 0.6 is 0 Å². The van der Waals surface area contributed by atoms with Gasteiger partial charge in [-0.3, -0.25) is 4.79 Å². The molecule has 0 saturated carbocycles. The highest BCUT2D eigenvalue weighted by Gasteiger charge is 2.27. The number of rotatable bonds is 5. The summed E-state index contributed by atoms with van der Waals surface area (Å²) in [4.78, 5) is 11.1. The number of nitrogens with two attached hydrogens (primary N) is 1. The van der Waals surface area contributed by atoms with Gasteiger partial charge in [0, 0.05) is 6.54 Å². The van der Waals surface area contributed by atoms with Crippen molar-refractivity contribution in [1.82, 2.24) is 4.72 Å². The number of sulfonamides is 1. The lowest BCUT2D eigenvalue weighted by molar-refractivity contribution is -0.125.